The third kappa shape index (κ3) is 7.50. The lowest BCUT2D eigenvalue weighted by atomic mass is 10.1. The average Bonchev–Trinajstić information content (AvgIpc) is 3.47. The van der Waals surface area contributed by atoms with Crippen LogP contribution in [0.4, 0.5) is 10.1 Å². The highest BCUT2D eigenvalue weighted by molar-refractivity contribution is 7.92. The van der Waals surface area contributed by atoms with Crippen LogP contribution in [0.2, 0.25) is 5.02 Å². The average molecular weight is 614 g/mol. The molecular weight excluding hydrogens is 577 g/mol. The Morgan fingerprint density at radius 2 is 1.64 bits per heavy atom. The van der Waals surface area contributed by atoms with Crippen LogP contribution in [0, 0.1) is 19.7 Å². The van der Waals surface area contributed by atoms with Gasteiger partial charge in [-0.2, -0.15) is 0 Å². The summed E-state index contributed by atoms with van der Waals surface area (Å²) in [6, 6.07) is 16.1. The molecule has 0 aromatic heterocycles. The van der Waals surface area contributed by atoms with Gasteiger partial charge >= 0.3 is 0 Å². The summed E-state index contributed by atoms with van der Waals surface area (Å²) in [4.78, 5) is 29.1. The van der Waals surface area contributed by atoms with Gasteiger partial charge in [-0.25, -0.2) is 12.8 Å². The molecule has 0 aliphatic heterocycles. The molecule has 10 heteroatoms. The summed E-state index contributed by atoms with van der Waals surface area (Å²) in [5, 5.41) is 3.43. The highest BCUT2D eigenvalue weighted by Gasteiger charge is 2.34. The van der Waals surface area contributed by atoms with Gasteiger partial charge in [-0.15, -0.1) is 0 Å². The third-order valence-electron chi connectivity index (χ3n) is 7.68. The van der Waals surface area contributed by atoms with Crippen LogP contribution in [0.1, 0.15) is 55.7 Å². The first kappa shape index (κ1) is 31.5. The standard InChI is InChI=1S/C32H37ClFN3O4S/c1-4-30(32(39)35-26-7-5-6-8-26)36(20-24-12-14-25(34)15-13-24)31(38)21-37(27-16-11-23(3)29(33)19-27)42(40,41)28-17-9-22(2)10-18-28/h9-19,26,30H,4-8,20-21H2,1-3H3,(H,35,39). The van der Waals surface area contributed by atoms with E-state index in [-0.39, 0.29) is 29.1 Å². The minimum absolute atomic E-state index is 0.00276. The second-order valence-corrected chi connectivity index (χ2v) is 13.1. The molecule has 42 heavy (non-hydrogen) atoms. The Balaban J connectivity index is 1.73. The lowest BCUT2D eigenvalue weighted by Gasteiger charge is -2.34. The van der Waals surface area contributed by atoms with Crippen molar-refractivity contribution in [2.75, 3.05) is 10.8 Å². The maximum absolute atomic E-state index is 14.2. The third-order valence-corrected chi connectivity index (χ3v) is 9.88. The van der Waals surface area contributed by atoms with Crippen LogP contribution in [0.25, 0.3) is 0 Å². The Hall–Kier alpha value is -3.43. The fourth-order valence-corrected chi connectivity index (χ4v) is 6.76. The van der Waals surface area contributed by atoms with Crippen molar-refractivity contribution in [3.05, 3.63) is 94.3 Å². The summed E-state index contributed by atoms with van der Waals surface area (Å²) in [7, 11) is -4.20. The van der Waals surface area contributed by atoms with Gasteiger partial charge in [0.05, 0.1) is 10.6 Å². The molecule has 1 saturated carbocycles. The molecule has 1 fully saturated rings. The van der Waals surface area contributed by atoms with E-state index in [1.807, 2.05) is 13.8 Å². The lowest BCUT2D eigenvalue weighted by Crippen LogP contribution is -2.53. The predicted molar refractivity (Wildman–Crippen MR) is 163 cm³/mol. The summed E-state index contributed by atoms with van der Waals surface area (Å²) in [6.07, 6.45) is 4.14. The number of benzene rings is 3. The maximum Gasteiger partial charge on any atom is 0.264 e. The molecule has 0 radical (unpaired) electrons. The van der Waals surface area contributed by atoms with E-state index in [9.17, 15) is 22.4 Å². The molecular formula is C32H37ClFN3O4S. The van der Waals surface area contributed by atoms with Gasteiger partial charge in [0.2, 0.25) is 11.8 Å². The molecule has 224 valence electrons. The van der Waals surface area contributed by atoms with Crippen LogP contribution in [-0.4, -0.2) is 43.8 Å². The van der Waals surface area contributed by atoms with Crippen LogP contribution in [0.15, 0.2) is 71.6 Å². The molecule has 0 bridgehead atoms. The fraction of sp³-hybridized carbons (Fsp3) is 0.375. The minimum Gasteiger partial charge on any atom is -0.352 e. The number of carbonyl (C=O) groups excluding carboxylic acids is 2. The maximum atomic E-state index is 14.2. The summed E-state index contributed by atoms with van der Waals surface area (Å²) >= 11 is 6.39. The zero-order valence-electron chi connectivity index (χ0n) is 24.1. The number of halogens is 2. The molecule has 1 unspecified atom stereocenters. The Morgan fingerprint density at radius 1 is 1.00 bits per heavy atom. The van der Waals surface area contributed by atoms with Crippen LogP contribution in [0.5, 0.6) is 0 Å². The molecule has 0 spiro atoms. The smallest absolute Gasteiger partial charge is 0.264 e. The van der Waals surface area contributed by atoms with Crippen LogP contribution in [-0.2, 0) is 26.2 Å². The first-order valence-electron chi connectivity index (χ1n) is 14.2. The highest BCUT2D eigenvalue weighted by Crippen LogP contribution is 2.29. The number of nitrogens with one attached hydrogen (secondary N) is 1. The number of anilines is 1. The van der Waals surface area contributed by atoms with Gasteiger partial charge in [-0.05, 0) is 80.6 Å². The Kier molecular flexibility index (Phi) is 10.3. The van der Waals surface area contributed by atoms with Crippen molar-refractivity contribution >= 4 is 39.1 Å². The van der Waals surface area contributed by atoms with E-state index < -0.39 is 34.3 Å². The molecule has 1 aliphatic carbocycles. The van der Waals surface area contributed by atoms with Crippen LogP contribution in [0.3, 0.4) is 0 Å². The molecule has 7 nitrogen and oxygen atoms in total. The van der Waals surface area contributed by atoms with Crippen molar-refractivity contribution in [2.45, 2.75) is 76.4 Å². The number of sulfonamides is 1. The van der Waals surface area contributed by atoms with Crippen molar-refractivity contribution < 1.29 is 22.4 Å². The fourth-order valence-electron chi connectivity index (χ4n) is 5.18. The van der Waals surface area contributed by atoms with Crippen molar-refractivity contribution in [1.29, 1.82) is 0 Å². The van der Waals surface area contributed by atoms with Crippen molar-refractivity contribution in [3.8, 4) is 0 Å². The minimum atomic E-state index is -4.20. The zero-order chi connectivity index (χ0) is 30.4. The number of amides is 2. The second-order valence-electron chi connectivity index (χ2n) is 10.8. The van der Waals surface area contributed by atoms with E-state index in [1.54, 1.807) is 43.3 Å². The number of hydrogen-bond acceptors (Lipinski definition) is 4. The van der Waals surface area contributed by atoms with E-state index in [2.05, 4.69) is 5.32 Å². The SMILES string of the molecule is CCC(C(=O)NC1CCCC1)N(Cc1ccc(F)cc1)C(=O)CN(c1ccc(C)c(Cl)c1)S(=O)(=O)c1ccc(C)cc1. The van der Waals surface area contributed by atoms with E-state index >= 15 is 0 Å². The number of carbonyl (C=O) groups is 2. The second kappa shape index (κ2) is 13.7. The molecule has 0 saturated heterocycles. The van der Waals surface area contributed by atoms with Gasteiger partial charge in [0.15, 0.2) is 0 Å². The molecule has 3 aromatic carbocycles. The molecule has 2 amide bonds. The number of aryl methyl sites for hydroxylation is 2. The normalized spacial score (nSPS) is 14.4. The molecule has 0 heterocycles. The molecule has 4 rings (SSSR count). The van der Waals surface area contributed by atoms with Gasteiger partial charge in [-0.3, -0.25) is 13.9 Å². The Bertz CT molecular complexity index is 1510. The Morgan fingerprint density at radius 3 is 2.24 bits per heavy atom. The van der Waals surface area contributed by atoms with Crippen molar-refractivity contribution in [2.24, 2.45) is 0 Å². The van der Waals surface area contributed by atoms with E-state index in [1.165, 1.54) is 35.2 Å². The summed E-state index contributed by atoms with van der Waals surface area (Å²) < 4.78 is 42.7. The highest BCUT2D eigenvalue weighted by atomic mass is 35.5. The zero-order valence-corrected chi connectivity index (χ0v) is 25.7. The van der Waals surface area contributed by atoms with Crippen molar-refractivity contribution in [1.82, 2.24) is 10.2 Å². The number of rotatable bonds is 11. The first-order valence-corrected chi connectivity index (χ1v) is 16.0. The van der Waals surface area contributed by atoms with Gasteiger partial charge < -0.3 is 10.2 Å². The van der Waals surface area contributed by atoms with E-state index in [0.29, 0.717) is 17.0 Å². The molecule has 1 N–H and O–H groups in total. The van der Waals surface area contributed by atoms with Gasteiger partial charge in [0, 0.05) is 17.6 Å². The summed E-state index contributed by atoms with van der Waals surface area (Å²) in [5.41, 5.74) is 2.49. The molecule has 1 aliphatic rings. The van der Waals surface area contributed by atoms with Crippen molar-refractivity contribution in [3.63, 3.8) is 0 Å². The topological polar surface area (TPSA) is 86.8 Å². The van der Waals surface area contributed by atoms with Gasteiger partial charge in [0.25, 0.3) is 10.0 Å². The van der Waals surface area contributed by atoms with E-state index in [4.69, 9.17) is 11.6 Å². The summed E-state index contributed by atoms with van der Waals surface area (Å²) in [5.74, 6) is -1.28. The monoisotopic (exact) mass is 613 g/mol. The summed E-state index contributed by atoms with van der Waals surface area (Å²) in [6.45, 7) is 4.90. The quantitative estimate of drug-likeness (QED) is 0.281. The van der Waals surface area contributed by atoms with E-state index in [0.717, 1.165) is 41.1 Å². The largest absolute Gasteiger partial charge is 0.352 e. The predicted octanol–water partition coefficient (Wildman–Crippen LogP) is 6.16. The number of nitrogens with zero attached hydrogens (tertiary/aromatic N) is 2. The van der Waals surface area contributed by atoms with Crippen LogP contribution < -0.4 is 9.62 Å². The van der Waals surface area contributed by atoms with Gasteiger partial charge in [-0.1, -0.05) is 67.3 Å². The lowest BCUT2D eigenvalue weighted by molar-refractivity contribution is -0.140. The Labute approximate surface area is 252 Å². The van der Waals surface area contributed by atoms with Gasteiger partial charge in [0.1, 0.15) is 18.4 Å². The first-order chi connectivity index (χ1) is 20.0. The van der Waals surface area contributed by atoms with Crippen LogP contribution >= 0.6 is 11.6 Å². The molecule has 1 atom stereocenters. The molecule has 3 aromatic rings. The number of hydrogen-bond donors (Lipinski definition) is 1.